The summed E-state index contributed by atoms with van der Waals surface area (Å²) in [7, 11) is 0. The lowest BCUT2D eigenvalue weighted by molar-refractivity contribution is -0.385. The highest BCUT2D eigenvalue weighted by molar-refractivity contribution is 9.11. The van der Waals surface area contributed by atoms with Gasteiger partial charge in [0.2, 0.25) is 0 Å². The molecule has 0 spiro atoms. The van der Waals surface area contributed by atoms with Gasteiger partial charge in [0.25, 0.3) is 5.69 Å². The summed E-state index contributed by atoms with van der Waals surface area (Å²) < 4.78 is 5.73. The van der Waals surface area contributed by atoms with Crippen LogP contribution in [0, 0.1) is 10.1 Å². The normalized spacial score (nSPS) is 10.1. The maximum absolute atomic E-state index is 11.4. The Morgan fingerprint density at radius 1 is 1.47 bits per heavy atom. The number of hydrogen-bond donors (Lipinski definition) is 0. The molecule has 0 saturated carbocycles. The SMILES string of the molecule is CCOC(=O)Cc1c(Br)ccc([N+](=O)[O-])c1Br. The zero-order valence-corrected chi connectivity index (χ0v) is 12.1. The number of halogens is 2. The molecular formula is C10H9Br2NO4. The number of nitrogens with zero attached hydrogens (tertiary/aromatic N) is 1. The van der Waals surface area contributed by atoms with Crippen LogP contribution in [-0.4, -0.2) is 17.5 Å². The van der Waals surface area contributed by atoms with Crippen molar-refractivity contribution in [3.63, 3.8) is 0 Å². The van der Waals surface area contributed by atoms with Gasteiger partial charge in [-0.15, -0.1) is 0 Å². The van der Waals surface area contributed by atoms with Crippen LogP contribution in [0.1, 0.15) is 12.5 Å². The molecule has 5 nitrogen and oxygen atoms in total. The number of rotatable bonds is 4. The Morgan fingerprint density at radius 3 is 2.65 bits per heavy atom. The molecule has 0 radical (unpaired) electrons. The first kappa shape index (κ1) is 14.1. The fourth-order valence-corrected chi connectivity index (χ4v) is 2.61. The predicted molar refractivity (Wildman–Crippen MR) is 68.8 cm³/mol. The van der Waals surface area contributed by atoms with Crippen LogP contribution in [0.15, 0.2) is 21.1 Å². The van der Waals surface area contributed by atoms with Gasteiger partial charge in [0.15, 0.2) is 0 Å². The highest BCUT2D eigenvalue weighted by atomic mass is 79.9. The second kappa shape index (κ2) is 6.11. The first-order chi connectivity index (χ1) is 7.97. The third kappa shape index (κ3) is 3.50. The van der Waals surface area contributed by atoms with Crippen molar-refractivity contribution in [3.8, 4) is 0 Å². The number of nitro benzene ring substituents is 1. The van der Waals surface area contributed by atoms with Crippen molar-refractivity contribution in [1.82, 2.24) is 0 Å². The average molecular weight is 367 g/mol. The topological polar surface area (TPSA) is 69.4 Å². The number of ether oxygens (including phenoxy) is 1. The Kier molecular flexibility index (Phi) is 5.07. The lowest BCUT2D eigenvalue weighted by Crippen LogP contribution is -2.09. The summed E-state index contributed by atoms with van der Waals surface area (Å²) in [6, 6.07) is 2.90. The van der Waals surface area contributed by atoms with Gasteiger partial charge in [0, 0.05) is 10.5 Å². The molecule has 0 N–H and O–H groups in total. The van der Waals surface area contributed by atoms with Crippen molar-refractivity contribution in [2.75, 3.05) is 6.61 Å². The molecule has 0 saturated heterocycles. The van der Waals surface area contributed by atoms with E-state index < -0.39 is 10.9 Å². The number of benzene rings is 1. The molecule has 92 valence electrons. The number of carbonyl (C=O) groups is 1. The summed E-state index contributed by atoms with van der Waals surface area (Å²) in [5.74, 6) is -0.422. The molecular weight excluding hydrogens is 358 g/mol. The molecule has 0 fully saturated rings. The van der Waals surface area contributed by atoms with E-state index in [0.29, 0.717) is 14.5 Å². The maximum Gasteiger partial charge on any atom is 0.310 e. The van der Waals surface area contributed by atoms with Crippen LogP contribution in [0.4, 0.5) is 5.69 Å². The van der Waals surface area contributed by atoms with Gasteiger partial charge in [-0.05, 0) is 34.5 Å². The number of esters is 1. The molecule has 7 heteroatoms. The van der Waals surface area contributed by atoms with Gasteiger partial charge in [-0.2, -0.15) is 0 Å². The summed E-state index contributed by atoms with van der Waals surface area (Å²) in [5, 5.41) is 10.7. The van der Waals surface area contributed by atoms with E-state index in [1.54, 1.807) is 6.92 Å². The second-order valence-corrected chi connectivity index (χ2v) is 4.75. The first-order valence-electron chi connectivity index (χ1n) is 4.74. The van der Waals surface area contributed by atoms with E-state index in [0.717, 1.165) is 0 Å². The minimum absolute atomic E-state index is 0.0172. The van der Waals surface area contributed by atoms with Crippen LogP contribution in [0.2, 0.25) is 0 Å². The number of carbonyl (C=O) groups excluding carboxylic acids is 1. The zero-order chi connectivity index (χ0) is 13.0. The van der Waals surface area contributed by atoms with Crippen molar-refractivity contribution in [2.45, 2.75) is 13.3 Å². The van der Waals surface area contributed by atoms with Crippen LogP contribution in [-0.2, 0) is 16.0 Å². The van der Waals surface area contributed by atoms with Crippen LogP contribution in [0.25, 0.3) is 0 Å². The lowest BCUT2D eigenvalue weighted by Gasteiger charge is -2.07. The second-order valence-electron chi connectivity index (χ2n) is 3.10. The predicted octanol–water partition coefficient (Wildman–Crippen LogP) is 3.23. The van der Waals surface area contributed by atoms with E-state index in [4.69, 9.17) is 4.74 Å². The molecule has 0 aliphatic heterocycles. The van der Waals surface area contributed by atoms with Gasteiger partial charge >= 0.3 is 5.97 Å². The molecule has 17 heavy (non-hydrogen) atoms. The van der Waals surface area contributed by atoms with Crippen molar-refractivity contribution in [3.05, 3.63) is 36.8 Å². The van der Waals surface area contributed by atoms with Crippen LogP contribution in [0.3, 0.4) is 0 Å². The molecule has 1 aromatic carbocycles. The largest absolute Gasteiger partial charge is 0.466 e. The molecule has 0 atom stereocenters. The molecule has 1 aromatic rings. The van der Waals surface area contributed by atoms with E-state index in [-0.39, 0.29) is 18.7 Å². The lowest BCUT2D eigenvalue weighted by atomic mass is 10.1. The summed E-state index contributed by atoms with van der Waals surface area (Å²) in [6.07, 6.45) is -0.0172. The van der Waals surface area contributed by atoms with Crippen LogP contribution >= 0.6 is 31.9 Å². The van der Waals surface area contributed by atoms with Crippen molar-refractivity contribution in [2.24, 2.45) is 0 Å². The first-order valence-corrected chi connectivity index (χ1v) is 6.32. The molecule has 0 aromatic heterocycles. The number of nitro groups is 1. The molecule has 1 rings (SSSR count). The van der Waals surface area contributed by atoms with Crippen LogP contribution in [0.5, 0.6) is 0 Å². The molecule has 0 heterocycles. The Bertz CT molecular complexity index is 462. The Balaban J connectivity index is 3.09. The van der Waals surface area contributed by atoms with Gasteiger partial charge in [0.1, 0.15) is 4.47 Å². The fraction of sp³-hybridized carbons (Fsp3) is 0.300. The monoisotopic (exact) mass is 365 g/mol. The molecule has 0 unspecified atom stereocenters. The van der Waals surface area contributed by atoms with E-state index >= 15 is 0 Å². The quantitative estimate of drug-likeness (QED) is 0.466. The third-order valence-electron chi connectivity index (χ3n) is 1.99. The van der Waals surface area contributed by atoms with E-state index in [1.165, 1.54) is 12.1 Å². The van der Waals surface area contributed by atoms with Gasteiger partial charge < -0.3 is 4.74 Å². The molecule has 0 aliphatic rings. The van der Waals surface area contributed by atoms with Crippen LogP contribution < -0.4 is 0 Å². The van der Waals surface area contributed by atoms with Gasteiger partial charge in [-0.1, -0.05) is 15.9 Å². The molecule has 0 bridgehead atoms. The maximum atomic E-state index is 11.4. The summed E-state index contributed by atoms with van der Waals surface area (Å²) in [4.78, 5) is 21.6. The highest BCUT2D eigenvalue weighted by Gasteiger charge is 2.20. The Morgan fingerprint density at radius 2 is 2.12 bits per heavy atom. The molecule has 0 amide bonds. The van der Waals surface area contributed by atoms with E-state index in [1.807, 2.05) is 0 Å². The van der Waals surface area contributed by atoms with Crippen molar-refractivity contribution >= 4 is 43.5 Å². The van der Waals surface area contributed by atoms with Gasteiger partial charge in [-0.3, -0.25) is 14.9 Å². The number of hydrogen-bond acceptors (Lipinski definition) is 4. The fourth-order valence-electron chi connectivity index (χ4n) is 1.24. The molecule has 0 aliphatic carbocycles. The Labute approximate surface area is 115 Å². The summed E-state index contributed by atoms with van der Waals surface area (Å²) in [5.41, 5.74) is 0.435. The average Bonchev–Trinajstić information content (AvgIpc) is 2.24. The third-order valence-corrected chi connectivity index (χ3v) is 3.62. The standard InChI is InChI=1S/C10H9Br2NO4/c1-2-17-9(14)5-6-7(11)3-4-8(10(6)12)13(15)16/h3-4H,2,5H2,1H3. The van der Waals surface area contributed by atoms with Crippen molar-refractivity contribution in [1.29, 1.82) is 0 Å². The zero-order valence-electron chi connectivity index (χ0n) is 8.91. The smallest absolute Gasteiger partial charge is 0.310 e. The summed E-state index contributed by atoms with van der Waals surface area (Å²) >= 11 is 6.38. The minimum atomic E-state index is -0.509. The highest BCUT2D eigenvalue weighted by Crippen LogP contribution is 2.34. The van der Waals surface area contributed by atoms with Crippen molar-refractivity contribution < 1.29 is 14.5 Å². The Hall–Kier alpha value is -0.950. The van der Waals surface area contributed by atoms with Gasteiger partial charge in [0.05, 0.1) is 18.0 Å². The van der Waals surface area contributed by atoms with E-state index in [2.05, 4.69) is 31.9 Å². The van der Waals surface area contributed by atoms with E-state index in [9.17, 15) is 14.9 Å². The van der Waals surface area contributed by atoms with Gasteiger partial charge in [-0.25, -0.2) is 0 Å². The summed E-state index contributed by atoms with van der Waals surface area (Å²) in [6.45, 7) is 1.98. The minimum Gasteiger partial charge on any atom is -0.466 e.